The van der Waals surface area contributed by atoms with Crippen LogP contribution >= 0.6 is 0 Å². The molecule has 1 aliphatic rings. The van der Waals surface area contributed by atoms with Crippen molar-refractivity contribution in [1.82, 2.24) is 29.9 Å². The van der Waals surface area contributed by atoms with Crippen LogP contribution < -0.4 is 10.1 Å². The molecule has 38 heavy (non-hydrogen) atoms. The number of hydrogen-bond donors (Lipinski definition) is 2. The van der Waals surface area contributed by atoms with E-state index in [1.54, 1.807) is 25.3 Å². The number of methoxy groups -OCH3 is 1. The zero-order valence-corrected chi connectivity index (χ0v) is 22.8. The van der Waals surface area contributed by atoms with Gasteiger partial charge in [0.25, 0.3) is 5.91 Å². The van der Waals surface area contributed by atoms with Gasteiger partial charge in [-0.2, -0.15) is 0 Å². The molecule has 4 rings (SSSR count). The van der Waals surface area contributed by atoms with E-state index in [1.165, 1.54) is 16.7 Å². The summed E-state index contributed by atoms with van der Waals surface area (Å²) < 4.78 is 22.4. The minimum atomic E-state index is -0.426. The molecule has 0 spiro atoms. The molecule has 0 saturated carbocycles. The molecule has 1 aliphatic heterocycles. The summed E-state index contributed by atoms with van der Waals surface area (Å²) in [5, 5.41) is 22.2. The minimum absolute atomic E-state index is 0.0148. The number of amides is 1. The first-order valence-electron chi connectivity index (χ1n) is 13.1. The minimum Gasteiger partial charge on any atom is -0.507 e. The maximum atomic E-state index is 15.4. The summed E-state index contributed by atoms with van der Waals surface area (Å²) in [6.45, 7) is 10.6. The highest BCUT2D eigenvalue weighted by Gasteiger charge is 2.25. The number of carbonyl (C=O) groups excluding carboxylic acids is 1. The Bertz CT molecular complexity index is 1280. The molecule has 0 aliphatic carbocycles. The number of carbonyl (C=O) groups is 1. The summed E-state index contributed by atoms with van der Waals surface area (Å²) in [7, 11) is 3.63. The van der Waals surface area contributed by atoms with Gasteiger partial charge in [-0.3, -0.25) is 14.3 Å². The van der Waals surface area contributed by atoms with Gasteiger partial charge in [0.1, 0.15) is 17.3 Å². The Hall–Kier alpha value is -3.50. The number of phenolic OH excluding ortho intramolecular Hbond substituents is 1. The van der Waals surface area contributed by atoms with E-state index in [0.29, 0.717) is 35.7 Å². The summed E-state index contributed by atoms with van der Waals surface area (Å²) in [5.74, 6) is 0.0210. The van der Waals surface area contributed by atoms with Gasteiger partial charge in [-0.15, -0.1) is 10.2 Å². The second-order valence-corrected chi connectivity index (χ2v) is 10.1. The lowest BCUT2D eigenvalue weighted by Crippen LogP contribution is -2.44. The van der Waals surface area contributed by atoms with Gasteiger partial charge in [0.2, 0.25) is 5.82 Å². The normalized spacial score (nSPS) is 14.7. The number of hydrogen-bond acceptors (Lipinski definition) is 7. The number of nitrogens with one attached hydrogen (secondary N) is 1. The number of rotatable bonds is 9. The monoisotopic (exact) mass is 524 g/mol. The van der Waals surface area contributed by atoms with Gasteiger partial charge in [0, 0.05) is 50.9 Å². The molecule has 0 atom stereocenters. The molecule has 0 unspecified atom stereocenters. The number of phenols is 1. The largest absolute Gasteiger partial charge is 0.507 e. The average Bonchev–Trinajstić information content (AvgIpc) is 3.34. The fourth-order valence-electron chi connectivity index (χ4n) is 4.61. The van der Waals surface area contributed by atoms with E-state index in [9.17, 15) is 9.90 Å². The van der Waals surface area contributed by atoms with E-state index in [0.717, 1.165) is 38.2 Å². The Morgan fingerprint density at radius 3 is 2.53 bits per heavy atom. The first kappa shape index (κ1) is 27.5. The van der Waals surface area contributed by atoms with Crippen molar-refractivity contribution in [2.24, 2.45) is 0 Å². The fourth-order valence-corrected chi connectivity index (χ4v) is 4.61. The maximum absolute atomic E-state index is 15.4. The third-order valence-corrected chi connectivity index (χ3v) is 6.90. The van der Waals surface area contributed by atoms with Crippen molar-refractivity contribution in [3.8, 4) is 28.6 Å². The molecular weight excluding hydrogens is 487 g/mol. The van der Waals surface area contributed by atoms with Gasteiger partial charge in [0.05, 0.1) is 18.4 Å². The van der Waals surface area contributed by atoms with E-state index < -0.39 is 5.91 Å². The van der Waals surface area contributed by atoms with Crippen LogP contribution in [0, 0.1) is 5.82 Å². The molecule has 1 saturated heterocycles. The van der Waals surface area contributed by atoms with Crippen LogP contribution in [0.25, 0.3) is 17.1 Å². The third-order valence-electron chi connectivity index (χ3n) is 6.90. The van der Waals surface area contributed by atoms with Crippen molar-refractivity contribution >= 4 is 5.91 Å². The highest BCUT2D eigenvalue weighted by molar-refractivity contribution is 5.92. The smallest absolute Gasteiger partial charge is 0.289 e. The van der Waals surface area contributed by atoms with Gasteiger partial charge in [-0.1, -0.05) is 26.8 Å². The Labute approximate surface area is 223 Å². The molecule has 1 amide bonds. The number of halogens is 1. The van der Waals surface area contributed by atoms with Crippen molar-refractivity contribution < 1.29 is 19.0 Å². The van der Waals surface area contributed by atoms with E-state index in [-0.39, 0.29) is 29.1 Å². The summed E-state index contributed by atoms with van der Waals surface area (Å²) in [6.07, 6.45) is 0.749. The molecule has 0 bridgehead atoms. The lowest BCUT2D eigenvalue weighted by molar-refractivity contribution is 0.0941. The van der Waals surface area contributed by atoms with Gasteiger partial charge in [-0.25, -0.2) is 4.39 Å². The Morgan fingerprint density at radius 1 is 1.16 bits per heavy atom. The third kappa shape index (κ3) is 5.81. The molecule has 2 aromatic carbocycles. The number of aromatic hydroxyl groups is 1. The van der Waals surface area contributed by atoms with Crippen molar-refractivity contribution in [3.05, 3.63) is 53.1 Å². The van der Waals surface area contributed by atoms with Crippen molar-refractivity contribution in [3.63, 3.8) is 0 Å². The molecule has 0 radical (unpaired) electrons. The van der Waals surface area contributed by atoms with Crippen molar-refractivity contribution in [2.45, 2.75) is 39.7 Å². The number of benzene rings is 2. The first-order chi connectivity index (χ1) is 18.2. The molecule has 204 valence electrons. The quantitative estimate of drug-likeness (QED) is 0.440. The molecular formula is C28H37FN6O3. The van der Waals surface area contributed by atoms with Crippen LogP contribution in [0.1, 0.15) is 54.9 Å². The number of likely N-dealkylation sites (N-methyl/N-ethyl adjacent to an activating group) is 1. The molecule has 3 aromatic rings. The second-order valence-electron chi connectivity index (χ2n) is 10.1. The topological polar surface area (TPSA) is 95.8 Å². The fraction of sp³-hybridized carbons (Fsp3) is 0.464. The summed E-state index contributed by atoms with van der Waals surface area (Å²) in [6, 6.07) is 8.22. The van der Waals surface area contributed by atoms with Gasteiger partial charge < -0.3 is 20.1 Å². The van der Waals surface area contributed by atoms with Gasteiger partial charge in [-0.05, 0) is 43.1 Å². The molecule has 1 fully saturated rings. The first-order valence-corrected chi connectivity index (χ1v) is 13.1. The van der Waals surface area contributed by atoms with E-state index in [4.69, 9.17) is 4.74 Å². The van der Waals surface area contributed by atoms with Crippen LogP contribution in [-0.2, 0) is 6.54 Å². The van der Waals surface area contributed by atoms with Gasteiger partial charge in [0.15, 0.2) is 5.82 Å². The standard InChI is InChI=1S/C28H37FN6O3/c1-6-9-30-28(37)27-32-31-26(22-15-21(18(2)3)25(38-5)16-24(22)36)35(27)20-8-7-19(23(29)14-20)17-34-12-10-33(4)11-13-34/h7-8,14-16,18,36H,6,9-13,17H2,1-5H3,(H,30,37). The lowest BCUT2D eigenvalue weighted by Gasteiger charge is -2.32. The van der Waals surface area contributed by atoms with E-state index in [1.807, 2.05) is 20.8 Å². The van der Waals surface area contributed by atoms with Crippen LogP contribution in [0.5, 0.6) is 11.5 Å². The van der Waals surface area contributed by atoms with Crippen molar-refractivity contribution in [2.75, 3.05) is 46.9 Å². The van der Waals surface area contributed by atoms with Crippen LogP contribution in [-0.4, -0.2) is 82.5 Å². The number of nitrogens with zero attached hydrogens (tertiary/aromatic N) is 5. The molecule has 10 heteroatoms. The highest BCUT2D eigenvalue weighted by Crippen LogP contribution is 2.38. The summed E-state index contributed by atoms with van der Waals surface area (Å²) in [5.41, 5.74) is 2.21. The van der Waals surface area contributed by atoms with Gasteiger partial charge >= 0.3 is 0 Å². The lowest BCUT2D eigenvalue weighted by atomic mass is 9.98. The Morgan fingerprint density at radius 2 is 1.89 bits per heavy atom. The zero-order chi connectivity index (χ0) is 27.4. The molecule has 9 nitrogen and oxygen atoms in total. The average molecular weight is 525 g/mol. The van der Waals surface area contributed by atoms with Crippen LogP contribution in [0.3, 0.4) is 0 Å². The predicted octanol–water partition coefficient (Wildman–Crippen LogP) is 3.80. The zero-order valence-electron chi connectivity index (χ0n) is 22.8. The predicted molar refractivity (Wildman–Crippen MR) is 144 cm³/mol. The highest BCUT2D eigenvalue weighted by atomic mass is 19.1. The Kier molecular flexibility index (Phi) is 8.63. The van der Waals surface area contributed by atoms with E-state index in [2.05, 4.69) is 32.4 Å². The summed E-state index contributed by atoms with van der Waals surface area (Å²) >= 11 is 0. The van der Waals surface area contributed by atoms with Crippen LogP contribution in [0.4, 0.5) is 4.39 Å². The molecule has 2 N–H and O–H groups in total. The number of piperazine rings is 1. The number of ether oxygens (including phenoxy) is 1. The van der Waals surface area contributed by atoms with E-state index >= 15 is 4.39 Å². The second kappa shape index (κ2) is 11.9. The number of aromatic nitrogens is 3. The SMILES string of the molecule is CCCNC(=O)c1nnc(-c2cc(C(C)C)c(OC)cc2O)n1-c1ccc(CN2CCN(C)CC2)c(F)c1. The van der Waals surface area contributed by atoms with Crippen molar-refractivity contribution in [1.29, 1.82) is 0 Å². The van der Waals surface area contributed by atoms with Crippen LogP contribution in [0.15, 0.2) is 30.3 Å². The Balaban J connectivity index is 1.78. The molecule has 2 heterocycles. The summed E-state index contributed by atoms with van der Waals surface area (Å²) in [4.78, 5) is 17.5. The molecule has 1 aromatic heterocycles. The van der Waals surface area contributed by atoms with Crippen LogP contribution in [0.2, 0.25) is 0 Å². The maximum Gasteiger partial charge on any atom is 0.289 e.